The lowest BCUT2D eigenvalue weighted by Crippen LogP contribution is -2.69. The van der Waals surface area contributed by atoms with Gasteiger partial charge in [0.2, 0.25) is 0 Å². The molecule has 0 N–H and O–H groups in total. The summed E-state index contributed by atoms with van der Waals surface area (Å²) >= 11 is 1.49. The largest absolute Gasteiger partial charge is 0.368 e. The van der Waals surface area contributed by atoms with Gasteiger partial charge in [0.05, 0.1) is 43.7 Å². The van der Waals surface area contributed by atoms with E-state index < -0.39 is 78.6 Å². The third-order valence-corrected chi connectivity index (χ3v) is 12.8. The predicted octanol–water partition coefficient (Wildman–Crippen LogP) is 8.13. The Labute approximate surface area is 366 Å². The smallest absolute Gasteiger partial charge is 0.262 e. The molecule has 11 atom stereocenters. The molecule has 0 radical (unpaired) electrons. The number of amides is 2. The lowest BCUT2D eigenvalue weighted by atomic mass is 9.94. The molecule has 5 aromatic carbocycles. The summed E-state index contributed by atoms with van der Waals surface area (Å²) in [5.41, 5.74) is 3.70. The molecule has 0 aromatic heterocycles. The van der Waals surface area contributed by atoms with Crippen LogP contribution in [0.1, 0.15) is 63.1 Å². The molecule has 9 rings (SSSR count). The molecule has 2 amide bonds. The molecule has 0 unspecified atom stereocenters. The SMILES string of the molecule is CCS[C@@H]1O[C@@H]2CO[C@@H](c3ccccc3)O[C@H]2[C@H](O[C@@H]2O[C@@H](C)[C@@H](OCc3ccccc3)[C@@H](OCc3ccccc3)[C@@H]2OCc2ccccc2)[C@H]1N1C(=O)c2ccccc2C1=O. The van der Waals surface area contributed by atoms with Crippen molar-refractivity contribution in [2.45, 2.75) is 100 Å². The number of carbonyl (C=O) groups excluding carboxylic acids is 2. The highest BCUT2D eigenvalue weighted by atomic mass is 32.2. The monoisotopic (exact) mass is 857 g/mol. The van der Waals surface area contributed by atoms with E-state index in [9.17, 15) is 9.59 Å². The van der Waals surface area contributed by atoms with Crippen molar-refractivity contribution in [3.8, 4) is 0 Å². The quantitative estimate of drug-likeness (QED) is 0.0953. The zero-order valence-electron chi connectivity index (χ0n) is 34.7. The number of fused-ring (bicyclic) bond motifs is 2. The van der Waals surface area contributed by atoms with E-state index >= 15 is 0 Å². The van der Waals surface area contributed by atoms with Crippen LogP contribution in [-0.2, 0) is 57.7 Å². The lowest BCUT2D eigenvalue weighted by molar-refractivity contribution is -0.365. The summed E-state index contributed by atoms with van der Waals surface area (Å²) in [6.07, 6.45) is -6.91. The average Bonchev–Trinajstić information content (AvgIpc) is 3.56. The zero-order chi connectivity index (χ0) is 42.4. The fraction of sp³-hybridized carbons (Fsp3) is 0.360. The van der Waals surface area contributed by atoms with Gasteiger partial charge in [0.25, 0.3) is 11.8 Å². The Balaban J connectivity index is 1.11. The Morgan fingerprint density at radius 1 is 0.597 bits per heavy atom. The maximum Gasteiger partial charge on any atom is 0.262 e. The standard InChI is InChI=1S/C50H51NO10S/c1-3-62-50-40(51-46(52)37-26-16-17-27-38(37)47(51)53)43(42-39(59-50)31-57-48(60-42)36-24-14-7-15-25-36)61-49-45(56-30-35-22-12-6-13-23-35)44(55-29-34-20-10-5-11-21-34)41(32(2)58-49)54-28-33-18-8-4-9-19-33/h4-27,32,39-45,48-50H,3,28-31H2,1-2H3/t32-,39+,40+,41+,42+,43+,44+,45-,48+,49-,50-/m0/s1. The maximum absolute atomic E-state index is 14.4. The molecule has 11 nitrogen and oxygen atoms in total. The number of rotatable bonds is 15. The summed E-state index contributed by atoms with van der Waals surface area (Å²) in [7, 11) is 0. The number of carbonyl (C=O) groups is 2. The molecular formula is C50H51NO10S. The Bertz CT molecular complexity index is 2200. The van der Waals surface area contributed by atoms with Gasteiger partial charge in [-0.2, -0.15) is 0 Å². The van der Waals surface area contributed by atoms with E-state index in [2.05, 4.69) is 0 Å². The van der Waals surface area contributed by atoms with Crippen LogP contribution in [0.3, 0.4) is 0 Å². The second kappa shape index (κ2) is 19.8. The second-order valence-electron chi connectivity index (χ2n) is 15.8. The van der Waals surface area contributed by atoms with Gasteiger partial charge < -0.3 is 37.9 Å². The number of ether oxygens (including phenoxy) is 8. The summed E-state index contributed by atoms with van der Waals surface area (Å²) in [6.45, 7) is 4.95. The molecule has 4 heterocycles. The van der Waals surface area contributed by atoms with Crippen molar-refractivity contribution in [1.29, 1.82) is 0 Å². The van der Waals surface area contributed by atoms with E-state index in [1.165, 1.54) is 16.7 Å². The first-order chi connectivity index (χ1) is 30.5. The molecule has 4 aliphatic rings. The van der Waals surface area contributed by atoms with Crippen LogP contribution < -0.4 is 0 Å². The maximum atomic E-state index is 14.4. The molecule has 5 aromatic rings. The van der Waals surface area contributed by atoms with Crippen molar-refractivity contribution >= 4 is 23.6 Å². The first kappa shape index (κ1) is 42.6. The van der Waals surface area contributed by atoms with Gasteiger partial charge in [0.1, 0.15) is 48.1 Å². The Kier molecular flexibility index (Phi) is 13.6. The highest BCUT2D eigenvalue weighted by Crippen LogP contribution is 2.44. The lowest BCUT2D eigenvalue weighted by Gasteiger charge is -2.53. The number of hydrogen-bond acceptors (Lipinski definition) is 11. The third-order valence-electron chi connectivity index (χ3n) is 11.7. The Morgan fingerprint density at radius 3 is 1.65 bits per heavy atom. The minimum Gasteiger partial charge on any atom is -0.368 e. The van der Waals surface area contributed by atoms with Crippen LogP contribution in [0.25, 0.3) is 0 Å². The van der Waals surface area contributed by atoms with Crippen LogP contribution in [0.2, 0.25) is 0 Å². The van der Waals surface area contributed by atoms with Crippen LogP contribution in [0.5, 0.6) is 0 Å². The van der Waals surface area contributed by atoms with Crippen molar-refractivity contribution in [2.24, 2.45) is 0 Å². The molecule has 4 aliphatic heterocycles. The van der Waals surface area contributed by atoms with Crippen LogP contribution >= 0.6 is 11.8 Å². The Hall–Kier alpha value is -4.73. The normalized spacial score (nSPS) is 29.6. The summed E-state index contributed by atoms with van der Waals surface area (Å²) in [5, 5.41) is 0. The molecular weight excluding hydrogens is 807 g/mol. The average molecular weight is 858 g/mol. The zero-order valence-corrected chi connectivity index (χ0v) is 35.5. The molecule has 0 spiro atoms. The van der Waals surface area contributed by atoms with E-state index in [0.29, 0.717) is 23.5 Å². The first-order valence-electron chi connectivity index (χ1n) is 21.3. The first-order valence-corrected chi connectivity index (χ1v) is 22.3. The van der Waals surface area contributed by atoms with Crippen LogP contribution in [0.15, 0.2) is 146 Å². The molecule has 0 bridgehead atoms. The molecule has 62 heavy (non-hydrogen) atoms. The Morgan fingerprint density at radius 2 is 1.10 bits per heavy atom. The van der Waals surface area contributed by atoms with E-state index in [1.54, 1.807) is 24.3 Å². The van der Waals surface area contributed by atoms with Gasteiger partial charge in [-0.25, -0.2) is 0 Å². The van der Waals surface area contributed by atoms with Crippen LogP contribution in [0.4, 0.5) is 0 Å². The van der Waals surface area contributed by atoms with Crippen molar-refractivity contribution in [1.82, 2.24) is 4.90 Å². The molecule has 0 aliphatic carbocycles. The van der Waals surface area contributed by atoms with Crippen LogP contribution in [0, 0.1) is 0 Å². The summed E-state index contributed by atoms with van der Waals surface area (Å²) in [6, 6.07) is 45.4. The minimum absolute atomic E-state index is 0.188. The van der Waals surface area contributed by atoms with E-state index in [-0.39, 0.29) is 19.8 Å². The van der Waals surface area contributed by atoms with E-state index in [0.717, 1.165) is 22.3 Å². The summed E-state index contributed by atoms with van der Waals surface area (Å²) in [4.78, 5) is 30.2. The van der Waals surface area contributed by atoms with Crippen molar-refractivity contribution in [2.75, 3.05) is 12.4 Å². The number of imide groups is 1. The molecule has 322 valence electrons. The van der Waals surface area contributed by atoms with Gasteiger partial charge in [-0.1, -0.05) is 140 Å². The highest BCUT2D eigenvalue weighted by Gasteiger charge is 2.59. The van der Waals surface area contributed by atoms with E-state index in [4.69, 9.17) is 37.9 Å². The van der Waals surface area contributed by atoms with E-state index in [1.807, 2.05) is 135 Å². The molecule has 0 saturated carbocycles. The molecule has 12 heteroatoms. The van der Waals surface area contributed by atoms with Gasteiger partial charge in [-0.15, -0.1) is 11.8 Å². The number of hydrogen-bond donors (Lipinski definition) is 0. The fourth-order valence-corrected chi connectivity index (χ4v) is 9.70. The predicted molar refractivity (Wildman–Crippen MR) is 232 cm³/mol. The van der Waals surface area contributed by atoms with Gasteiger partial charge in [0.15, 0.2) is 12.6 Å². The highest BCUT2D eigenvalue weighted by molar-refractivity contribution is 7.99. The fourth-order valence-electron chi connectivity index (χ4n) is 8.68. The third kappa shape index (κ3) is 9.17. The van der Waals surface area contributed by atoms with Crippen molar-refractivity contribution < 1.29 is 47.5 Å². The molecule has 3 saturated heterocycles. The number of nitrogens with zero attached hydrogens (tertiary/aromatic N) is 1. The number of benzene rings is 5. The van der Waals surface area contributed by atoms with Gasteiger partial charge >= 0.3 is 0 Å². The van der Waals surface area contributed by atoms with Crippen molar-refractivity contribution in [3.63, 3.8) is 0 Å². The van der Waals surface area contributed by atoms with Gasteiger partial charge in [0, 0.05) is 5.56 Å². The summed E-state index contributed by atoms with van der Waals surface area (Å²) < 4.78 is 54.7. The van der Waals surface area contributed by atoms with Crippen molar-refractivity contribution in [3.05, 3.63) is 179 Å². The minimum atomic E-state index is -1.08. The number of thioether (sulfide) groups is 1. The van der Waals surface area contributed by atoms with Gasteiger partial charge in [-0.05, 0) is 41.5 Å². The van der Waals surface area contributed by atoms with Gasteiger partial charge in [-0.3, -0.25) is 14.5 Å². The molecule has 3 fully saturated rings. The van der Waals surface area contributed by atoms with Crippen LogP contribution in [-0.4, -0.2) is 89.6 Å². The summed E-state index contributed by atoms with van der Waals surface area (Å²) in [5.74, 6) is -0.209. The topological polar surface area (TPSA) is 111 Å². The second-order valence-corrected chi connectivity index (χ2v) is 17.2.